The lowest BCUT2D eigenvalue weighted by Crippen LogP contribution is -2.10. The van der Waals surface area contributed by atoms with Crippen LogP contribution < -0.4 is 5.32 Å². The zero-order chi connectivity index (χ0) is 9.10. The number of benzene rings is 1. The summed E-state index contributed by atoms with van der Waals surface area (Å²) >= 11 is 0. The van der Waals surface area contributed by atoms with Gasteiger partial charge in [-0.1, -0.05) is 18.2 Å². The summed E-state index contributed by atoms with van der Waals surface area (Å²) in [5.41, 5.74) is 2.26. The van der Waals surface area contributed by atoms with Crippen molar-refractivity contribution in [3.05, 3.63) is 30.0 Å². The molecule has 1 heterocycles. The summed E-state index contributed by atoms with van der Waals surface area (Å²) in [6.45, 7) is 0.978. The van der Waals surface area contributed by atoms with Gasteiger partial charge in [0.2, 0.25) is 0 Å². The van der Waals surface area contributed by atoms with Crippen LogP contribution in [0.2, 0.25) is 0 Å². The number of H-pyrrole nitrogens is 1. The van der Waals surface area contributed by atoms with Crippen molar-refractivity contribution in [1.82, 2.24) is 15.5 Å². The van der Waals surface area contributed by atoms with E-state index in [1.54, 1.807) is 0 Å². The standard InChI is InChI=1S/C10H13N3/c1-11-7-6-10-8-4-2-3-5-9(8)12-13-10/h2-5,11H,6-7H2,1H3,(H,12,13). The van der Waals surface area contributed by atoms with E-state index in [0.29, 0.717) is 0 Å². The lowest BCUT2D eigenvalue weighted by Gasteiger charge is -1.96. The van der Waals surface area contributed by atoms with Crippen molar-refractivity contribution in [3.63, 3.8) is 0 Å². The third-order valence-corrected chi connectivity index (χ3v) is 2.17. The molecule has 2 N–H and O–H groups in total. The van der Waals surface area contributed by atoms with Crippen molar-refractivity contribution in [2.45, 2.75) is 6.42 Å². The molecule has 2 aromatic rings. The molecule has 0 atom stereocenters. The Morgan fingerprint density at radius 1 is 1.38 bits per heavy atom. The van der Waals surface area contributed by atoms with Gasteiger partial charge in [-0.2, -0.15) is 5.10 Å². The molecule has 0 aliphatic rings. The maximum Gasteiger partial charge on any atom is 0.0923 e. The maximum absolute atomic E-state index is 4.22. The predicted octanol–water partition coefficient (Wildman–Crippen LogP) is 1.32. The van der Waals surface area contributed by atoms with Crippen molar-refractivity contribution >= 4 is 10.9 Å². The normalized spacial score (nSPS) is 10.8. The molecule has 0 aliphatic heterocycles. The quantitative estimate of drug-likeness (QED) is 0.738. The number of nitrogens with zero attached hydrogens (tertiary/aromatic N) is 1. The van der Waals surface area contributed by atoms with Crippen molar-refractivity contribution in [2.24, 2.45) is 0 Å². The topological polar surface area (TPSA) is 40.7 Å². The Balaban J connectivity index is 2.35. The molecule has 0 aliphatic carbocycles. The number of hydrogen-bond donors (Lipinski definition) is 2. The Hall–Kier alpha value is -1.35. The van der Waals surface area contributed by atoms with E-state index in [0.717, 1.165) is 18.5 Å². The van der Waals surface area contributed by atoms with E-state index < -0.39 is 0 Å². The average Bonchev–Trinajstić information content (AvgIpc) is 2.58. The van der Waals surface area contributed by atoms with E-state index in [4.69, 9.17) is 0 Å². The van der Waals surface area contributed by atoms with E-state index in [1.807, 2.05) is 25.2 Å². The summed E-state index contributed by atoms with van der Waals surface area (Å²) < 4.78 is 0. The molecule has 0 saturated carbocycles. The van der Waals surface area contributed by atoms with E-state index in [1.165, 1.54) is 11.1 Å². The molecule has 13 heavy (non-hydrogen) atoms. The number of fused-ring (bicyclic) bond motifs is 1. The van der Waals surface area contributed by atoms with Gasteiger partial charge in [0.25, 0.3) is 0 Å². The van der Waals surface area contributed by atoms with Crippen molar-refractivity contribution in [2.75, 3.05) is 13.6 Å². The number of likely N-dealkylation sites (N-methyl/N-ethyl adjacent to an activating group) is 1. The summed E-state index contributed by atoms with van der Waals surface area (Å²) in [5, 5.41) is 11.6. The minimum absolute atomic E-state index is 0.978. The molecule has 0 bridgehead atoms. The molecule has 2 rings (SSSR count). The zero-order valence-corrected chi connectivity index (χ0v) is 7.67. The molecule has 0 unspecified atom stereocenters. The zero-order valence-electron chi connectivity index (χ0n) is 7.67. The first-order chi connectivity index (χ1) is 6.42. The van der Waals surface area contributed by atoms with Crippen LogP contribution in [0.5, 0.6) is 0 Å². The van der Waals surface area contributed by atoms with E-state index >= 15 is 0 Å². The van der Waals surface area contributed by atoms with Gasteiger partial charge in [-0.15, -0.1) is 0 Å². The third kappa shape index (κ3) is 1.55. The molecule has 0 spiro atoms. The van der Waals surface area contributed by atoms with Gasteiger partial charge in [0.05, 0.1) is 5.52 Å². The summed E-state index contributed by atoms with van der Waals surface area (Å²) in [6, 6.07) is 8.17. The van der Waals surface area contributed by atoms with Gasteiger partial charge in [-0.05, 0) is 13.1 Å². The summed E-state index contributed by atoms with van der Waals surface area (Å²) in [4.78, 5) is 0. The lowest BCUT2D eigenvalue weighted by molar-refractivity contribution is 0.775. The second kappa shape index (κ2) is 3.58. The fourth-order valence-electron chi connectivity index (χ4n) is 1.45. The van der Waals surface area contributed by atoms with Crippen LogP contribution in [0.15, 0.2) is 24.3 Å². The van der Waals surface area contributed by atoms with Gasteiger partial charge in [-0.25, -0.2) is 0 Å². The van der Waals surface area contributed by atoms with Crippen LogP contribution in [0, 0.1) is 0 Å². The summed E-state index contributed by atoms with van der Waals surface area (Å²) in [7, 11) is 1.96. The fraction of sp³-hybridized carbons (Fsp3) is 0.300. The Bertz CT molecular complexity index is 392. The predicted molar refractivity (Wildman–Crippen MR) is 53.7 cm³/mol. The number of aromatic nitrogens is 2. The fourth-order valence-corrected chi connectivity index (χ4v) is 1.45. The number of aromatic amines is 1. The van der Waals surface area contributed by atoms with E-state index in [9.17, 15) is 0 Å². The van der Waals surface area contributed by atoms with Crippen LogP contribution >= 0.6 is 0 Å². The summed E-state index contributed by atoms with van der Waals surface area (Å²) in [5.74, 6) is 0. The van der Waals surface area contributed by atoms with E-state index in [2.05, 4.69) is 21.6 Å². The molecule has 68 valence electrons. The Labute approximate surface area is 77.2 Å². The highest BCUT2D eigenvalue weighted by Crippen LogP contribution is 2.14. The monoisotopic (exact) mass is 175 g/mol. The van der Waals surface area contributed by atoms with Gasteiger partial charge in [0.1, 0.15) is 0 Å². The first kappa shape index (κ1) is 8.26. The van der Waals surface area contributed by atoms with Crippen molar-refractivity contribution in [3.8, 4) is 0 Å². The van der Waals surface area contributed by atoms with Crippen LogP contribution in [0.1, 0.15) is 5.69 Å². The minimum atomic E-state index is 0.978. The van der Waals surface area contributed by atoms with Gasteiger partial charge in [0, 0.05) is 24.0 Å². The van der Waals surface area contributed by atoms with Crippen LogP contribution in [-0.2, 0) is 6.42 Å². The molecule has 3 heteroatoms. The van der Waals surface area contributed by atoms with Crippen LogP contribution in [0.3, 0.4) is 0 Å². The SMILES string of the molecule is CNCCc1[nH]nc2ccccc12. The average molecular weight is 175 g/mol. The third-order valence-electron chi connectivity index (χ3n) is 2.17. The van der Waals surface area contributed by atoms with Crippen LogP contribution in [0.25, 0.3) is 10.9 Å². The Kier molecular flexibility index (Phi) is 2.27. The van der Waals surface area contributed by atoms with E-state index in [-0.39, 0.29) is 0 Å². The molecular weight excluding hydrogens is 162 g/mol. The lowest BCUT2D eigenvalue weighted by atomic mass is 10.2. The van der Waals surface area contributed by atoms with Gasteiger partial charge >= 0.3 is 0 Å². The molecule has 0 fully saturated rings. The van der Waals surface area contributed by atoms with Gasteiger partial charge < -0.3 is 5.32 Å². The molecule has 0 radical (unpaired) electrons. The highest BCUT2D eigenvalue weighted by atomic mass is 15.1. The number of rotatable bonds is 3. The second-order valence-electron chi connectivity index (χ2n) is 3.07. The van der Waals surface area contributed by atoms with Crippen molar-refractivity contribution in [1.29, 1.82) is 0 Å². The van der Waals surface area contributed by atoms with Crippen molar-refractivity contribution < 1.29 is 0 Å². The highest BCUT2D eigenvalue weighted by molar-refractivity contribution is 5.81. The first-order valence-electron chi connectivity index (χ1n) is 4.48. The summed E-state index contributed by atoms with van der Waals surface area (Å²) in [6.07, 6.45) is 0.997. The smallest absolute Gasteiger partial charge is 0.0923 e. The molecule has 1 aromatic heterocycles. The largest absolute Gasteiger partial charge is 0.319 e. The van der Waals surface area contributed by atoms with Crippen LogP contribution in [0.4, 0.5) is 0 Å². The van der Waals surface area contributed by atoms with Gasteiger partial charge in [-0.3, -0.25) is 5.10 Å². The number of nitrogens with one attached hydrogen (secondary N) is 2. The molecule has 0 saturated heterocycles. The molecular formula is C10H13N3. The van der Waals surface area contributed by atoms with Gasteiger partial charge in [0.15, 0.2) is 0 Å². The number of hydrogen-bond acceptors (Lipinski definition) is 2. The highest BCUT2D eigenvalue weighted by Gasteiger charge is 2.02. The molecule has 0 amide bonds. The minimum Gasteiger partial charge on any atom is -0.319 e. The molecule has 1 aromatic carbocycles. The second-order valence-corrected chi connectivity index (χ2v) is 3.07. The number of para-hydroxylation sites is 1. The Morgan fingerprint density at radius 2 is 2.23 bits per heavy atom. The first-order valence-corrected chi connectivity index (χ1v) is 4.48. The maximum atomic E-state index is 4.22. The molecule has 3 nitrogen and oxygen atoms in total. The van der Waals surface area contributed by atoms with Crippen LogP contribution in [-0.4, -0.2) is 23.8 Å². The Morgan fingerprint density at radius 3 is 3.08 bits per heavy atom.